The summed E-state index contributed by atoms with van der Waals surface area (Å²) in [7, 11) is 0. The Balaban J connectivity index is 3.02. The van der Waals surface area contributed by atoms with Crippen molar-refractivity contribution in [2.24, 2.45) is 0 Å². The number of hydrogen-bond acceptors (Lipinski definition) is 0. The number of aryl methyl sites for hydroxylation is 2. The molecule has 0 heterocycles. The average Bonchev–Trinajstić information content (AvgIpc) is 2.17. The van der Waals surface area contributed by atoms with Gasteiger partial charge in [0, 0.05) is 5.33 Å². The second-order valence-corrected chi connectivity index (χ2v) is 4.21. The summed E-state index contributed by atoms with van der Waals surface area (Å²) in [5.74, 6) is 0. The summed E-state index contributed by atoms with van der Waals surface area (Å²) in [6, 6.07) is 6.59. The van der Waals surface area contributed by atoms with Gasteiger partial charge in [-0.15, -0.1) is 0 Å². The average molecular weight is 253 g/mol. The van der Waals surface area contributed by atoms with Crippen LogP contribution < -0.4 is 0 Å². The number of allylic oxidation sites excluding steroid dienone is 1. The Morgan fingerprint density at radius 1 is 1.36 bits per heavy atom. The minimum absolute atomic E-state index is 0.969. The minimum atomic E-state index is 0.969. The number of benzene rings is 1. The molecular weight excluding hydrogens is 236 g/mol. The zero-order valence-electron chi connectivity index (χ0n) is 9.10. The Labute approximate surface area is 95.2 Å². The standard InChI is InChI=1S/C13H17Br/c1-4-12(9-14)8-13-6-5-10(2)7-11(13)3/h5-8H,4,9H2,1-3H3. The van der Waals surface area contributed by atoms with Gasteiger partial charge in [-0.2, -0.15) is 0 Å². The Hall–Kier alpha value is -0.560. The molecule has 76 valence electrons. The van der Waals surface area contributed by atoms with Gasteiger partial charge in [0.2, 0.25) is 0 Å². The van der Waals surface area contributed by atoms with Gasteiger partial charge >= 0.3 is 0 Å². The molecule has 14 heavy (non-hydrogen) atoms. The highest BCUT2D eigenvalue weighted by Gasteiger charge is 1.97. The molecule has 0 atom stereocenters. The summed E-state index contributed by atoms with van der Waals surface area (Å²) in [4.78, 5) is 0. The zero-order chi connectivity index (χ0) is 10.6. The first-order chi connectivity index (χ1) is 6.67. The van der Waals surface area contributed by atoms with Crippen LogP contribution in [0.25, 0.3) is 6.08 Å². The molecule has 1 heteroatoms. The Bertz CT molecular complexity index is 331. The van der Waals surface area contributed by atoms with Crippen LogP contribution >= 0.6 is 15.9 Å². The van der Waals surface area contributed by atoms with E-state index in [1.807, 2.05) is 0 Å². The largest absolute Gasteiger partial charge is 0.0880 e. The van der Waals surface area contributed by atoms with Gasteiger partial charge in [-0.3, -0.25) is 0 Å². The molecular formula is C13H17Br. The van der Waals surface area contributed by atoms with Gasteiger partial charge < -0.3 is 0 Å². The lowest BCUT2D eigenvalue weighted by Crippen LogP contribution is -1.86. The third-order valence-corrected chi connectivity index (χ3v) is 3.13. The van der Waals surface area contributed by atoms with Crippen molar-refractivity contribution < 1.29 is 0 Å². The summed E-state index contributed by atoms with van der Waals surface area (Å²) in [6.45, 7) is 6.49. The molecule has 0 fully saturated rings. The van der Waals surface area contributed by atoms with E-state index in [-0.39, 0.29) is 0 Å². The van der Waals surface area contributed by atoms with Gasteiger partial charge in [0.05, 0.1) is 0 Å². The molecule has 0 aliphatic carbocycles. The predicted molar refractivity (Wildman–Crippen MR) is 68.0 cm³/mol. The van der Waals surface area contributed by atoms with Crippen LogP contribution in [0.4, 0.5) is 0 Å². The van der Waals surface area contributed by atoms with E-state index in [2.05, 4.69) is 61.0 Å². The third-order valence-electron chi connectivity index (χ3n) is 2.41. The van der Waals surface area contributed by atoms with Gasteiger partial charge in [0.15, 0.2) is 0 Å². The summed E-state index contributed by atoms with van der Waals surface area (Å²) < 4.78 is 0. The van der Waals surface area contributed by atoms with Crippen LogP contribution in [0, 0.1) is 13.8 Å². The molecule has 0 aromatic heterocycles. The van der Waals surface area contributed by atoms with Crippen molar-refractivity contribution in [1.29, 1.82) is 0 Å². The second kappa shape index (κ2) is 5.35. The summed E-state index contributed by atoms with van der Waals surface area (Å²) in [5, 5.41) is 0.969. The van der Waals surface area contributed by atoms with Gasteiger partial charge in [-0.05, 0) is 31.4 Å². The molecule has 0 aliphatic rings. The first-order valence-corrected chi connectivity index (χ1v) is 6.12. The molecule has 0 saturated heterocycles. The van der Waals surface area contributed by atoms with Crippen molar-refractivity contribution in [3.63, 3.8) is 0 Å². The van der Waals surface area contributed by atoms with Crippen LogP contribution in [-0.4, -0.2) is 5.33 Å². The highest BCUT2D eigenvalue weighted by molar-refractivity contribution is 9.09. The fourth-order valence-electron chi connectivity index (χ4n) is 1.44. The minimum Gasteiger partial charge on any atom is -0.0880 e. The van der Waals surface area contributed by atoms with Crippen LogP contribution in [0.15, 0.2) is 23.8 Å². The molecule has 0 nitrogen and oxygen atoms in total. The molecule has 0 saturated carbocycles. The molecule has 1 aromatic rings. The van der Waals surface area contributed by atoms with E-state index in [1.165, 1.54) is 22.3 Å². The normalized spacial score (nSPS) is 11.9. The lowest BCUT2D eigenvalue weighted by atomic mass is 10.0. The molecule has 0 spiro atoms. The maximum Gasteiger partial charge on any atom is 0.0245 e. The van der Waals surface area contributed by atoms with Crippen LogP contribution in [0.1, 0.15) is 30.0 Å². The van der Waals surface area contributed by atoms with E-state index in [0.717, 1.165) is 11.8 Å². The first-order valence-electron chi connectivity index (χ1n) is 5.00. The van der Waals surface area contributed by atoms with E-state index >= 15 is 0 Å². The molecule has 0 bridgehead atoms. The molecule has 0 unspecified atom stereocenters. The van der Waals surface area contributed by atoms with Gasteiger partial charge in [-0.1, -0.05) is 58.3 Å². The van der Waals surface area contributed by atoms with Crippen molar-refractivity contribution in [3.8, 4) is 0 Å². The van der Waals surface area contributed by atoms with E-state index < -0.39 is 0 Å². The van der Waals surface area contributed by atoms with Gasteiger partial charge in [0.1, 0.15) is 0 Å². The number of alkyl halides is 1. The summed E-state index contributed by atoms with van der Waals surface area (Å²) in [6.07, 6.45) is 3.39. The monoisotopic (exact) mass is 252 g/mol. The van der Waals surface area contributed by atoms with Crippen LogP contribution in [0.2, 0.25) is 0 Å². The van der Waals surface area contributed by atoms with Crippen LogP contribution in [-0.2, 0) is 0 Å². The van der Waals surface area contributed by atoms with E-state index in [4.69, 9.17) is 0 Å². The topological polar surface area (TPSA) is 0 Å². The maximum atomic E-state index is 3.50. The molecule has 0 N–H and O–H groups in total. The quantitative estimate of drug-likeness (QED) is 0.696. The Morgan fingerprint density at radius 2 is 2.07 bits per heavy atom. The first kappa shape index (κ1) is 11.5. The van der Waals surface area contributed by atoms with Gasteiger partial charge in [0.25, 0.3) is 0 Å². The fourth-order valence-corrected chi connectivity index (χ4v) is 2.00. The number of rotatable bonds is 3. The van der Waals surface area contributed by atoms with Crippen molar-refractivity contribution in [2.75, 3.05) is 5.33 Å². The molecule has 1 rings (SSSR count). The highest BCUT2D eigenvalue weighted by Crippen LogP contribution is 2.16. The Kier molecular flexibility index (Phi) is 4.40. The van der Waals surface area contributed by atoms with Crippen molar-refractivity contribution in [3.05, 3.63) is 40.5 Å². The molecule has 0 amide bonds. The highest BCUT2D eigenvalue weighted by atomic mass is 79.9. The van der Waals surface area contributed by atoms with Crippen LogP contribution in [0.5, 0.6) is 0 Å². The van der Waals surface area contributed by atoms with E-state index in [1.54, 1.807) is 0 Å². The molecule has 0 aliphatic heterocycles. The SMILES string of the molecule is CCC(=Cc1ccc(C)cc1C)CBr. The van der Waals surface area contributed by atoms with Crippen molar-refractivity contribution in [2.45, 2.75) is 27.2 Å². The summed E-state index contributed by atoms with van der Waals surface area (Å²) >= 11 is 3.50. The smallest absolute Gasteiger partial charge is 0.0245 e. The second-order valence-electron chi connectivity index (χ2n) is 3.65. The van der Waals surface area contributed by atoms with Crippen molar-refractivity contribution >= 4 is 22.0 Å². The van der Waals surface area contributed by atoms with Crippen molar-refractivity contribution in [1.82, 2.24) is 0 Å². The summed E-state index contributed by atoms with van der Waals surface area (Å²) in [5.41, 5.74) is 5.47. The van der Waals surface area contributed by atoms with E-state index in [0.29, 0.717) is 0 Å². The lowest BCUT2D eigenvalue weighted by molar-refractivity contribution is 1.12. The van der Waals surface area contributed by atoms with Crippen LogP contribution in [0.3, 0.4) is 0 Å². The zero-order valence-corrected chi connectivity index (χ0v) is 10.7. The fraction of sp³-hybridized carbons (Fsp3) is 0.385. The van der Waals surface area contributed by atoms with Gasteiger partial charge in [-0.25, -0.2) is 0 Å². The molecule has 0 radical (unpaired) electrons. The van der Waals surface area contributed by atoms with E-state index in [9.17, 15) is 0 Å². The molecule has 1 aromatic carbocycles. The number of halogens is 1. The lowest BCUT2D eigenvalue weighted by Gasteiger charge is -2.04. The predicted octanol–water partition coefficient (Wildman–Crippen LogP) is 4.49. The third kappa shape index (κ3) is 2.98. The maximum absolute atomic E-state index is 3.50. The number of hydrogen-bond donors (Lipinski definition) is 0. The Morgan fingerprint density at radius 3 is 2.57 bits per heavy atom.